The van der Waals surface area contributed by atoms with Gasteiger partial charge >= 0.3 is 5.69 Å². The Bertz CT molecular complexity index is 1570. The molecule has 0 aliphatic rings. The molecule has 0 bridgehead atoms. The normalized spacial score (nSPS) is 11.1. The predicted molar refractivity (Wildman–Crippen MR) is 147 cm³/mol. The summed E-state index contributed by atoms with van der Waals surface area (Å²) in [5.74, 6) is 1.29. The molecule has 0 unspecified atom stereocenters. The van der Waals surface area contributed by atoms with E-state index < -0.39 is 0 Å². The molecule has 5 aromatic rings. The number of ether oxygens (including phenoxy) is 1. The maximum absolute atomic E-state index is 13.8. The van der Waals surface area contributed by atoms with E-state index in [1.54, 1.807) is 24.1 Å². The third-order valence-electron chi connectivity index (χ3n) is 6.66. The molecule has 5 rings (SSSR count). The second kappa shape index (κ2) is 11.2. The number of tetrazole rings is 1. The van der Waals surface area contributed by atoms with E-state index in [-0.39, 0.29) is 5.69 Å². The minimum atomic E-state index is -0.0632. The van der Waals surface area contributed by atoms with Crippen molar-refractivity contribution in [1.82, 2.24) is 34.7 Å². The summed E-state index contributed by atoms with van der Waals surface area (Å²) >= 11 is 0. The number of hydrogen-bond donors (Lipinski definition) is 1. The largest absolute Gasteiger partial charge is 0.495 e. The lowest BCUT2D eigenvalue weighted by molar-refractivity contribution is 0.411. The van der Waals surface area contributed by atoms with E-state index in [0.717, 1.165) is 64.9 Å². The lowest BCUT2D eigenvalue weighted by Crippen LogP contribution is -2.25. The van der Waals surface area contributed by atoms with Gasteiger partial charge in [-0.3, -0.25) is 14.1 Å². The Hall–Kier alpha value is -4.53. The molecule has 2 aromatic carbocycles. The molecule has 0 saturated carbocycles. The monoisotopic (exact) mass is 509 g/mol. The topological polar surface area (TPSA) is 104 Å². The van der Waals surface area contributed by atoms with Crippen LogP contribution in [0.25, 0.3) is 28.2 Å². The number of rotatable bonds is 10. The number of aromatic nitrogens is 7. The van der Waals surface area contributed by atoms with E-state index in [4.69, 9.17) is 4.74 Å². The van der Waals surface area contributed by atoms with Gasteiger partial charge in [0.15, 0.2) is 5.82 Å². The minimum Gasteiger partial charge on any atom is -0.495 e. The molecule has 0 fully saturated rings. The average Bonchev–Trinajstić information content (AvgIpc) is 3.59. The van der Waals surface area contributed by atoms with E-state index in [0.29, 0.717) is 18.1 Å². The van der Waals surface area contributed by atoms with Crippen molar-refractivity contribution >= 4 is 0 Å². The number of nitrogens with zero attached hydrogens (tertiary/aromatic N) is 6. The van der Waals surface area contributed by atoms with Gasteiger partial charge in [0.25, 0.3) is 0 Å². The van der Waals surface area contributed by atoms with Crippen molar-refractivity contribution in [3.63, 3.8) is 0 Å². The van der Waals surface area contributed by atoms with E-state index in [9.17, 15) is 4.79 Å². The SMILES string of the molecule is CCCc1cccc(OC)c1-n1cc(CCC)n(Cc2ccc(-c3cnccc3-c3nnn[nH]3)cc2)c1=O. The van der Waals surface area contributed by atoms with Gasteiger partial charge in [-0.15, -0.1) is 5.10 Å². The van der Waals surface area contributed by atoms with Crippen molar-refractivity contribution in [3.05, 3.63) is 94.4 Å². The lowest BCUT2D eigenvalue weighted by Gasteiger charge is -2.13. The van der Waals surface area contributed by atoms with Crippen LogP contribution in [0.1, 0.15) is 43.5 Å². The fraction of sp³-hybridized carbons (Fsp3) is 0.276. The number of nitrogens with one attached hydrogen (secondary N) is 1. The standard InChI is InChI=1S/C29H31N7O2/c1-4-7-22-9-6-10-26(38-3)27(22)36-19-23(8-5-2)35(29(36)37)18-20-11-13-21(14-12-20)25-17-30-16-15-24(25)28-31-33-34-32-28/h6,9-17,19H,4-5,7-8,18H2,1-3H3,(H,31,32,33,34). The van der Waals surface area contributed by atoms with E-state index in [1.807, 2.05) is 41.1 Å². The smallest absolute Gasteiger partial charge is 0.333 e. The molecule has 1 N–H and O–H groups in total. The zero-order valence-electron chi connectivity index (χ0n) is 21.9. The quantitative estimate of drug-likeness (QED) is 0.289. The Balaban J connectivity index is 1.51. The van der Waals surface area contributed by atoms with Crippen molar-refractivity contribution in [2.24, 2.45) is 0 Å². The van der Waals surface area contributed by atoms with Crippen LogP contribution in [-0.2, 0) is 19.4 Å². The Morgan fingerprint density at radius 3 is 2.50 bits per heavy atom. The van der Waals surface area contributed by atoms with Crippen molar-refractivity contribution < 1.29 is 4.74 Å². The van der Waals surface area contributed by atoms with Crippen LogP contribution in [0.4, 0.5) is 0 Å². The summed E-state index contributed by atoms with van der Waals surface area (Å²) in [5, 5.41) is 14.3. The van der Waals surface area contributed by atoms with Crippen LogP contribution in [0, 0.1) is 0 Å². The maximum atomic E-state index is 13.8. The molecular weight excluding hydrogens is 478 g/mol. The summed E-state index contributed by atoms with van der Waals surface area (Å²) in [7, 11) is 1.65. The number of pyridine rings is 1. The van der Waals surface area contributed by atoms with Gasteiger partial charge in [0, 0.05) is 35.4 Å². The van der Waals surface area contributed by atoms with Gasteiger partial charge in [0.1, 0.15) is 5.75 Å². The van der Waals surface area contributed by atoms with Crippen LogP contribution in [0.5, 0.6) is 5.75 Å². The highest BCUT2D eigenvalue weighted by molar-refractivity contribution is 5.79. The molecule has 0 radical (unpaired) electrons. The van der Waals surface area contributed by atoms with Crippen LogP contribution < -0.4 is 10.4 Å². The Labute approximate surface area is 221 Å². The van der Waals surface area contributed by atoms with E-state index in [2.05, 4.69) is 57.7 Å². The zero-order valence-corrected chi connectivity index (χ0v) is 21.9. The summed E-state index contributed by atoms with van der Waals surface area (Å²) in [5.41, 5.74) is 6.70. The highest BCUT2D eigenvalue weighted by atomic mass is 16.5. The first-order valence-corrected chi connectivity index (χ1v) is 12.9. The van der Waals surface area contributed by atoms with E-state index >= 15 is 0 Å². The van der Waals surface area contributed by atoms with E-state index in [1.165, 1.54) is 0 Å². The first kappa shape index (κ1) is 25.1. The maximum Gasteiger partial charge on any atom is 0.333 e. The van der Waals surface area contributed by atoms with Gasteiger partial charge in [0.05, 0.1) is 19.3 Å². The van der Waals surface area contributed by atoms with Gasteiger partial charge in [-0.25, -0.2) is 9.89 Å². The molecule has 3 aromatic heterocycles. The number of para-hydroxylation sites is 1. The molecular formula is C29H31N7O2. The lowest BCUT2D eigenvalue weighted by atomic mass is 10.0. The van der Waals surface area contributed by atoms with Gasteiger partial charge < -0.3 is 4.74 Å². The molecule has 0 aliphatic heterocycles. The third-order valence-corrected chi connectivity index (χ3v) is 6.66. The third kappa shape index (κ3) is 4.87. The van der Waals surface area contributed by atoms with Gasteiger partial charge in [-0.2, -0.15) is 0 Å². The fourth-order valence-electron chi connectivity index (χ4n) is 4.87. The van der Waals surface area contributed by atoms with Crippen LogP contribution >= 0.6 is 0 Å². The van der Waals surface area contributed by atoms with Crippen molar-refractivity contribution in [2.75, 3.05) is 7.11 Å². The zero-order chi connectivity index (χ0) is 26.5. The van der Waals surface area contributed by atoms with Crippen molar-refractivity contribution in [3.8, 4) is 34.0 Å². The minimum absolute atomic E-state index is 0.0632. The van der Waals surface area contributed by atoms with Crippen LogP contribution in [0.3, 0.4) is 0 Å². The van der Waals surface area contributed by atoms with Crippen molar-refractivity contribution in [2.45, 2.75) is 46.1 Å². The molecule has 0 amide bonds. The number of aromatic amines is 1. The number of aryl methyl sites for hydroxylation is 2. The molecule has 9 heteroatoms. The summed E-state index contributed by atoms with van der Waals surface area (Å²) in [4.78, 5) is 18.1. The first-order valence-electron chi connectivity index (χ1n) is 12.9. The second-order valence-corrected chi connectivity index (χ2v) is 9.20. The molecule has 0 saturated heterocycles. The number of H-pyrrole nitrogens is 1. The van der Waals surface area contributed by atoms with Gasteiger partial charge in [-0.05, 0) is 52.1 Å². The second-order valence-electron chi connectivity index (χ2n) is 9.20. The Morgan fingerprint density at radius 1 is 0.974 bits per heavy atom. The molecule has 194 valence electrons. The number of hydrogen-bond acceptors (Lipinski definition) is 6. The first-order chi connectivity index (χ1) is 18.6. The van der Waals surface area contributed by atoms with Crippen LogP contribution in [0.2, 0.25) is 0 Å². The predicted octanol–water partition coefficient (Wildman–Crippen LogP) is 4.84. The van der Waals surface area contributed by atoms with Gasteiger partial charge in [-0.1, -0.05) is 63.1 Å². The average molecular weight is 510 g/mol. The molecule has 38 heavy (non-hydrogen) atoms. The fourth-order valence-corrected chi connectivity index (χ4v) is 4.87. The highest BCUT2D eigenvalue weighted by Gasteiger charge is 2.18. The number of methoxy groups -OCH3 is 1. The Morgan fingerprint density at radius 2 is 1.79 bits per heavy atom. The molecule has 0 spiro atoms. The summed E-state index contributed by atoms with van der Waals surface area (Å²) in [6.07, 6.45) is 9.10. The summed E-state index contributed by atoms with van der Waals surface area (Å²) in [6, 6.07) is 16.0. The molecule has 0 atom stereocenters. The molecule has 0 aliphatic carbocycles. The summed E-state index contributed by atoms with van der Waals surface area (Å²) in [6.45, 7) is 4.74. The number of imidazole rings is 1. The summed E-state index contributed by atoms with van der Waals surface area (Å²) < 4.78 is 9.30. The van der Waals surface area contributed by atoms with Gasteiger partial charge in [0.2, 0.25) is 0 Å². The molecule has 3 heterocycles. The molecule has 9 nitrogen and oxygen atoms in total. The van der Waals surface area contributed by atoms with Crippen LogP contribution in [-0.4, -0.2) is 41.9 Å². The van der Waals surface area contributed by atoms with Crippen molar-refractivity contribution in [1.29, 1.82) is 0 Å². The Kier molecular flexibility index (Phi) is 7.44. The number of benzene rings is 2. The van der Waals surface area contributed by atoms with Crippen LogP contribution in [0.15, 0.2) is 71.9 Å². The highest BCUT2D eigenvalue weighted by Crippen LogP contribution is 2.30.